The fourth-order valence-electron chi connectivity index (χ4n) is 3.65. The largest absolute Gasteiger partial charge is 0.396 e. The van der Waals surface area contributed by atoms with Crippen molar-refractivity contribution in [3.63, 3.8) is 0 Å². The fraction of sp³-hybridized carbons (Fsp3) is 0.529. The third-order valence-electron chi connectivity index (χ3n) is 4.75. The Hall–Kier alpha value is -1.43. The van der Waals surface area contributed by atoms with Crippen LogP contribution in [0.2, 0.25) is 5.02 Å². The highest BCUT2D eigenvalue weighted by atomic mass is 35.5. The number of carbonyl (C=O) groups excluding carboxylic acids is 2. The second kappa shape index (κ2) is 6.99. The van der Waals surface area contributed by atoms with Crippen LogP contribution in [0.4, 0.5) is 5.69 Å². The Balaban J connectivity index is 1.84. The lowest BCUT2D eigenvalue weighted by atomic mass is 9.97. The standard InChI is InChI=1S/C17H21ClN2O3/c18-13-6-1-2-7-14(13)20-16(22)11-15(17(20)23)19-9-4-3-5-12(19)8-10-21/h1-2,6-7,12,15,21H,3-5,8-11H2. The first-order valence-electron chi connectivity index (χ1n) is 8.11. The molecule has 23 heavy (non-hydrogen) atoms. The molecule has 0 spiro atoms. The summed E-state index contributed by atoms with van der Waals surface area (Å²) in [4.78, 5) is 28.6. The Morgan fingerprint density at radius 2 is 2.00 bits per heavy atom. The molecule has 0 aromatic heterocycles. The normalized spacial score (nSPS) is 26.1. The van der Waals surface area contributed by atoms with Crippen LogP contribution in [-0.4, -0.2) is 47.1 Å². The third kappa shape index (κ3) is 3.13. The molecule has 2 aliphatic rings. The molecule has 2 atom stereocenters. The highest BCUT2D eigenvalue weighted by molar-refractivity contribution is 6.36. The van der Waals surface area contributed by atoms with Crippen LogP contribution in [0.25, 0.3) is 0 Å². The number of likely N-dealkylation sites (tertiary alicyclic amines) is 1. The molecular formula is C17H21ClN2O3. The average Bonchev–Trinajstić information content (AvgIpc) is 2.84. The van der Waals surface area contributed by atoms with Crippen LogP contribution in [0.15, 0.2) is 24.3 Å². The first-order chi connectivity index (χ1) is 11.1. The molecular weight excluding hydrogens is 316 g/mol. The lowest BCUT2D eigenvalue weighted by Gasteiger charge is -2.38. The van der Waals surface area contributed by atoms with Crippen molar-refractivity contribution in [2.45, 2.75) is 44.2 Å². The number of amides is 2. The monoisotopic (exact) mass is 336 g/mol. The molecule has 2 saturated heterocycles. The van der Waals surface area contributed by atoms with Gasteiger partial charge in [0.2, 0.25) is 5.91 Å². The number of carbonyl (C=O) groups is 2. The van der Waals surface area contributed by atoms with Gasteiger partial charge >= 0.3 is 0 Å². The molecule has 124 valence electrons. The van der Waals surface area contributed by atoms with Gasteiger partial charge in [0.15, 0.2) is 0 Å². The lowest BCUT2D eigenvalue weighted by molar-refractivity contribution is -0.123. The Morgan fingerprint density at radius 1 is 1.22 bits per heavy atom. The molecule has 2 unspecified atom stereocenters. The molecule has 2 aliphatic heterocycles. The van der Waals surface area contributed by atoms with E-state index >= 15 is 0 Å². The summed E-state index contributed by atoms with van der Waals surface area (Å²) in [5.74, 6) is -0.408. The molecule has 6 heteroatoms. The molecule has 2 heterocycles. The number of aliphatic hydroxyl groups is 1. The smallest absolute Gasteiger partial charge is 0.251 e. The van der Waals surface area contributed by atoms with Gasteiger partial charge in [0.25, 0.3) is 5.91 Å². The van der Waals surface area contributed by atoms with Gasteiger partial charge < -0.3 is 5.11 Å². The summed E-state index contributed by atoms with van der Waals surface area (Å²) in [5, 5.41) is 9.66. The lowest BCUT2D eigenvalue weighted by Crippen LogP contribution is -2.50. The summed E-state index contributed by atoms with van der Waals surface area (Å²) in [7, 11) is 0. The summed E-state index contributed by atoms with van der Waals surface area (Å²) in [6.07, 6.45) is 3.91. The molecule has 0 saturated carbocycles. The van der Waals surface area contributed by atoms with E-state index in [2.05, 4.69) is 4.90 Å². The van der Waals surface area contributed by atoms with Gasteiger partial charge in [-0.2, -0.15) is 0 Å². The van der Waals surface area contributed by atoms with Crippen LogP contribution in [0.1, 0.15) is 32.1 Å². The van der Waals surface area contributed by atoms with Crippen molar-refractivity contribution in [1.29, 1.82) is 0 Å². The number of halogens is 1. The predicted octanol–water partition coefficient (Wildman–Crippen LogP) is 2.21. The van der Waals surface area contributed by atoms with Crippen molar-refractivity contribution in [1.82, 2.24) is 4.90 Å². The van der Waals surface area contributed by atoms with Gasteiger partial charge in [-0.3, -0.25) is 14.5 Å². The van der Waals surface area contributed by atoms with Crippen LogP contribution < -0.4 is 4.90 Å². The maximum atomic E-state index is 12.9. The van der Waals surface area contributed by atoms with Crippen LogP contribution >= 0.6 is 11.6 Å². The zero-order valence-corrected chi connectivity index (χ0v) is 13.7. The number of aliphatic hydroxyl groups excluding tert-OH is 1. The van der Waals surface area contributed by atoms with E-state index in [9.17, 15) is 14.7 Å². The highest BCUT2D eigenvalue weighted by Gasteiger charge is 2.45. The van der Waals surface area contributed by atoms with Crippen LogP contribution in [0, 0.1) is 0 Å². The van der Waals surface area contributed by atoms with Crippen molar-refractivity contribution in [3.8, 4) is 0 Å². The molecule has 5 nitrogen and oxygen atoms in total. The summed E-state index contributed by atoms with van der Waals surface area (Å²) in [6, 6.07) is 6.65. The van der Waals surface area contributed by atoms with E-state index in [0.717, 1.165) is 25.8 Å². The number of anilines is 1. The molecule has 3 rings (SSSR count). The quantitative estimate of drug-likeness (QED) is 0.856. The first-order valence-corrected chi connectivity index (χ1v) is 8.49. The van der Waals surface area contributed by atoms with E-state index in [0.29, 0.717) is 17.1 Å². The van der Waals surface area contributed by atoms with E-state index in [-0.39, 0.29) is 30.9 Å². The van der Waals surface area contributed by atoms with Gasteiger partial charge in [-0.1, -0.05) is 30.2 Å². The minimum absolute atomic E-state index is 0.101. The van der Waals surface area contributed by atoms with Gasteiger partial charge in [-0.05, 0) is 37.9 Å². The number of para-hydroxylation sites is 1. The number of piperidine rings is 1. The summed E-state index contributed by atoms with van der Waals surface area (Å²) in [6.45, 7) is 0.898. The van der Waals surface area contributed by atoms with Crippen molar-refractivity contribution in [2.24, 2.45) is 0 Å². The molecule has 2 amide bonds. The number of nitrogens with zero attached hydrogens (tertiary/aromatic N) is 2. The number of imide groups is 1. The van der Waals surface area contributed by atoms with E-state index in [1.54, 1.807) is 24.3 Å². The molecule has 2 fully saturated rings. The average molecular weight is 337 g/mol. The van der Waals surface area contributed by atoms with Gasteiger partial charge in [0.1, 0.15) is 0 Å². The van der Waals surface area contributed by atoms with Crippen LogP contribution in [0.5, 0.6) is 0 Å². The maximum Gasteiger partial charge on any atom is 0.251 e. The van der Waals surface area contributed by atoms with E-state index in [4.69, 9.17) is 11.6 Å². The minimum Gasteiger partial charge on any atom is -0.396 e. The second-order valence-corrected chi connectivity index (χ2v) is 6.55. The van der Waals surface area contributed by atoms with Crippen LogP contribution in [0.3, 0.4) is 0 Å². The molecule has 1 aromatic carbocycles. The Labute approximate surface area is 140 Å². The predicted molar refractivity (Wildman–Crippen MR) is 88.4 cm³/mol. The van der Waals surface area contributed by atoms with E-state index in [1.807, 2.05) is 0 Å². The van der Waals surface area contributed by atoms with Gasteiger partial charge in [0, 0.05) is 12.6 Å². The molecule has 1 aromatic rings. The minimum atomic E-state index is -0.435. The highest BCUT2D eigenvalue weighted by Crippen LogP contribution is 2.33. The summed E-state index contributed by atoms with van der Waals surface area (Å²) < 4.78 is 0. The molecule has 0 aliphatic carbocycles. The van der Waals surface area contributed by atoms with Crippen molar-refractivity contribution in [3.05, 3.63) is 29.3 Å². The van der Waals surface area contributed by atoms with Crippen molar-refractivity contribution >= 4 is 29.1 Å². The van der Waals surface area contributed by atoms with Crippen molar-refractivity contribution < 1.29 is 14.7 Å². The SMILES string of the molecule is O=C1CC(N2CCCCC2CCO)C(=O)N1c1ccccc1Cl. The topological polar surface area (TPSA) is 60.9 Å². The molecule has 1 N–H and O–H groups in total. The third-order valence-corrected chi connectivity index (χ3v) is 5.07. The van der Waals surface area contributed by atoms with Gasteiger partial charge in [-0.15, -0.1) is 0 Å². The Kier molecular flexibility index (Phi) is 4.99. The van der Waals surface area contributed by atoms with Gasteiger partial charge in [-0.25, -0.2) is 4.90 Å². The maximum absolute atomic E-state index is 12.9. The second-order valence-electron chi connectivity index (χ2n) is 6.14. The van der Waals surface area contributed by atoms with E-state index in [1.165, 1.54) is 4.90 Å². The fourth-order valence-corrected chi connectivity index (χ4v) is 3.87. The van der Waals surface area contributed by atoms with Crippen molar-refractivity contribution in [2.75, 3.05) is 18.1 Å². The van der Waals surface area contributed by atoms with Crippen LogP contribution in [-0.2, 0) is 9.59 Å². The van der Waals surface area contributed by atoms with E-state index < -0.39 is 6.04 Å². The van der Waals surface area contributed by atoms with Gasteiger partial charge in [0.05, 0.1) is 23.2 Å². The zero-order chi connectivity index (χ0) is 16.4. The Bertz CT molecular complexity index is 605. The first kappa shape index (κ1) is 16.4. The summed E-state index contributed by atoms with van der Waals surface area (Å²) >= 11 is 6.15. The number of benzene rings is 1. The molecule has 0 radical (unpaired) electrons. The number of hydrogen-bond donors (Lipinski definition) is 1. The molecule has 0 bridgehead atoms. The Morgan fingerprint density at radius 3 is 2.74 bits per heavy atom. The zero-order valence-electron chi connectivity index (χ0n) is 12.9. The summed E-state index contributed by atoms with van der Waals surface area (Å²) in [5.41, 5.74) is 0.461. The number of hydrogen-bond acceptors (Lipinski definition) is 4. The number of rotatable bonds is 4.